The second kappa shape index (κ2) is 12.3. The Morgan fingerprint density at radius 3 is 2.14 bits per heavy atom. The lowest BCUT2D eigenvalue weighted by atomic mass is 10.6. The number of carbonyl (C=O) groups is 1. The van der Waals surface area contributed by atoms with Crippen molar-refractivity contribution < 1.29 is 19.0 Å². The predicted octanol–water partition coefficient (Wildman–Crippen LogP) is -0.198. The second-order valence-corrected chi connectivity index (χ2v) is 2.49. The molecule has 0 fully saturated rings. The van der Waals surface area contributed by atoms with E-state index in [-0.39, 0.29) is 0 Å². The number of rotatable bonds is 11. The van der Waals surface area contributed by atoms with E-state index in [1.165, 1.54) is 0 Å². The second-order valence-electron chi connectivity index (χ2n) is 2.49. The van der Waals surface area contributed by atoms with Crippen molar-refractivity contribution in [1.82, 2.24) is 5.32 Å². The molecule has 1 N–H and O–H groups in total. The van der Waals surface area contributed by atoms with Gasteiger partial charge in [0.1, 0.15) is 0 Å². The SMILES string of the molecule is CCOCCOCCOCCNC=O. The zero-order valence-corrected chi connectivity index (χ0v) is 8.66. The van der Waals surface area contributed by atoms with Crippen molar-refractivity contribution in [3.8, 4) is 0 Å². The van der Waals surface area contributed by atoms with E-state index in [0.717, 1.165) is 6.61 Å². The van der Waals surface area contributed by atoms with Crippen LogP contribution < -0.4 is 5.32 Å². The van der Waals surface area contributed by atoms with E-state index in [2.05, 4.69) is 5.32 Å². The molecule has 0 saturated heterocycles. The number of amides is 1. The van der Waals surface area contributed by atoms with Crippen LogP contribution in [0.25, 0.3) is 0 Å². The third kappa shape index (κ3) is 11.4. The molecule has 14 heavy (non-hydrogen) atoms. The number of hydrogen-bond donors (Lipinski definition) is 1. The molecule has 0 spiro atoms. The van der Waals surface area contributed by atoms with Gasteiger partial charge in [-0.1, -0.05) is 0 Å². The normalized spacial score (nSPS) is 10.1. The van der Waals surface area contributed by atoms with Gasteiger partial charge in [0, 0.05) is 13.2 Å². The molecule has 5 nitrogen and oxygen atoms in total. The number of nitrogens with one attached hydrogen (secondary N) is 1. The Kier molecular flexibility index (Phi) is 11.8. The van der Waals surface area contributed by atoms with Crippen molar-refractivity contribution in [3.63, 3.8) is 0 Å². The molecular weight excluding hydrogens is 186 g/mol. The van der Waals surface area contributed by atoms with Crippen LogP contribution in [-0.2, 0) is 19.0 Å². The van der Waals surface area contributed by atoms with Crippen molar-refractivity contribution in [3.05, 3.63) is 0 Å². The minimum atomic E-state index is 0.521. The van der Waals surface area contributed by atoms with Gasteiger partial charge in [0.2, 0.25) is 6.41 Å². The van der Waals surface area contributed by atoms with Gasteiger partial charge >= 0.3 is 0 Å². The van der Waals surface area contributed by atoms with Crippen LogP contribution in [0.15, 0.2) is 0 Å². The van der Waals surface area contributed by atoms with E-state index in [9.17, 15) is 4.79 Å². The molecule has 0 unspecified atom stereocenters. The smallest absolute Gasteiger partial charge is 0.207 e. The molecule has 0 rings (SSSR count). The molecule has 0 aromatic heterocycles. The quantitative estimate of drug-likeness (QED) is 0.375. The Bertz CT molecular complexity index is 121. The minimum absolute atomic E-state index is 0.521. The highest BCUT2D eigenvalue weighted by Gasteiger charge is 1.89. The van der Waals surface area contributed by atoms with Gasteiger partial charge in [-0.3, -0.25) is 4.79 Å². The molecule has 0 saturated carbocycles. The zero-order valence-electron chi connectivity index (χ0n) is 8.66. The number of carbonyl (C=O) groups excluding carboxylic acids is 1. The summed E-state index contributed by atoms with van der Waals surface area (Å²) in [6.45, 7) is 6.07. The number of hydrogen-bond acceptors (Lipinski definition) is 4. The molecule has 0 radical (unpaired) electrons. The summed E-state index contributed by atoms with van der Waals surface area (Å²) in [5.74, 6) is 0. The van der Waals surface area contributed by atoms with Crippen LogP contribution in [0, 0.1) is 0 Å². The van der Waals surface area contributed by atoms with Crippen LogP contribution in [0.3, 0.4) is 0 Å². The largest absolute Gasteiger partial charge is 0.379 e. The van der Waals surface area contributed by atoms with E-state index in [1.54, 1.807) is 0 Å². The first-order chi connectivity index (χ1) is 6.91. The molecule has 84 valence electrons. The Balaban J connectivity index is 2.81. The van der Waals surface area contributed by atoms with Gasteiger partial charge in [-0.25, -0.2) is 0 Å². The molecule has 0 aliphatic carbocycles. The molecule has 0 bridgehead atoms. The zero-order chi connectivity index (χ0) is 10.5. The Morgan fingerprint density at radius 2 is 1.57 bits per heavy atom. The van der Waals surface area contributed by atoms with E-state index in [1.807, 2.05) is 6.92 Å². The van der Waals surface area contributed by atoms with Gasteiger partial charge in [-0.15, -0.1) is 0 Å². The molecule has 5 heteroatoms. The third-order valence-electron chi connectivity index (χ3n) is 1.42. The van der Waals surface area contributed by atoms with Crippen LogP contribution >= 0.6 is 0 Å². The van der Waals surface area contributed by atoms with E-state index in [0.29, 0.717) is 46.0 Å². The molecule has 0 aromatic rings. The lowest BCUT2D eigenvalue weighted by molar-refractivity contribution is -0.109. The average molecular weight is 205 g/mol. The maximum absolute atomic E-state index is 9.84. The van der Waals surface area contributed by atoms with Crippen LogP contribution in [0.5, 0.6) is 0 Å². The van der Waals surface area contributed by atoms with Crippen molar-refractivity contribution in [2.45, 2.75) is 6.92 Å². The first-order valence-corrected chi connectivity index (χ1v) is 4.82. The van der Waals surface area contributed by atoms with Gasteiger partial charge < -0.3 is 19.5 Å². The van der Waals surface area contributed by atoms with Gasteiger partial charge in [0.25, 0.3) is 0 Å². The molecule has 0 aromatic carbocycles. The standard InChI is InChI=1S/C9H19NO4/c1-2-12-5-6-14-8-7-13-4-3-10-9-11/h9H,2-8H2,1H3,(H,10,11). The molecule has 0 heterocycles. The van der Waals surface area contributed by atoms with Gasteiger partial charge in [0.15, 0.2) is 0 Å². The van der Waals surface area contributed by atoms with Crippen molar-refractivity contribution >= 4 is 6.41 Å². The highest BCUT2D eigenvalue weighted by atomic mass is 16.5. The molecule has 1 amide bonds. The Hall–Kier alpha value is -0.650. The summed E-state index contributed by atoms with van der Waals surface area (Å²) in [6.07, 6.45) is 0.655. The third-order valence-corrected chi connectivity index (χ3v) is 1.42. The Morgan fingerprint density at radius 1 is 1.00 bits per heavy atom. The van der Waals surface area contributed by atoms with Crippen LogP contribution in [0.2, 0.25) is 0 Å². The van der Waals surface area contributed by atoms with E-state index >= 15 is 0 Å². The van der Waals surface area contributed by atoms with Gasteiger partial charge in [-0.05, 0) is 6.92 Å². The highest BCUT2D eigenvalue weighted by Crippen LogP contribution is 1.80. The van der Waals surface area contributed by atoms with Crippen LogP contribution in [-0.4, -0.2) is 52.6 Å². The summed E-state index contributed by atoms with van der Waals surface area (Å²) >= 11 is 0. The summed E-state index contributed by atoms with van der Waals surface area (Å²) in [7, 11) is 0. The van der Waals surface area contributed by atoms with Crippen molar-refractivity contribution in [1.29, 1.82) is 0 Å². The average Bonchev–Trinajstić information content (AvgIpc) is 2.21. The fourth-order valence-electron chi connectivity index (χ4n) is 0.774. The molecule has 0 aliphatic heterocycles. The van der Waals surface area contributed by atoms with Gasteiger partial charge in [0.05, 0.1) is 33.0 Å². The minimum Gasteiger partial charge on any atom is -0.379 e. The lowest BCUT2D eigenvalue weighted by Crippen LogP contribution is -2.19. The monoisotopic (exact) mass is 205 g/mol. The highest BCUT2D eigenvalue weighted by molar-refractivity contribution is 5.45. The summed E-state index contributed by atoms with van der Waals surface area (Å²) in [5, 5.41) is 2.50. The van der Waals surface area contributed by atoms with Crippen molar-refractivity contribution in [2.24, 2.45) is 0 Å². The first kappa shape index (κ1) is 13.4. The number of ether oxygens (including phenoxy) is 3. The van der Waals surface area contributed by atoms with Crippen molar-refractivity contribution in [2.75, 3.05) is 46.2 Å². The molecular formula is C9H19NO4. The van der Waals surface area contributed by atoms with E-state index < -0.39 is 0 Å². The fourth-order valence-corrected chi connectivity index (χ4v) is 0.774. The first-order valence-electron chi connectivity index (χ1n) is 4.82. The van der Waals surface area contributed by atoms with Crippen LogP contribution in [0.4, 0.5) is 0 Å². The summed E-state index contributed by atoms with van der Waals surface area (Å²) < 4.78 is 15.4. The van der Waals surface area contributed by atoms with Crippen LogP contribution in [0.1, 0.15) is 6.92 Å². The molecule has 0 aliphatic rings. The fraction of sp³-hybridized carbons (Fsp3) is 0.889. The predicted molar refractivity (Wildman–Crippen MR) is 52.2 cm³/mol. The summed E-state index contributed by atoms with van der Waals surface area (Å²) in [6, 6.07) is 0. The summed E-state index contributed by atoms with van der Waals surface area (Å²) in [4.78, 5) is 9.84. The maximum Gasteiger partial charge on any atom is 0.207 e. The lowest BCUT2D eigenvalue weighted by Gasteiger charge is -2.05. The topological polar surface area (TPSA) is 56.8 Å². The van der Waals surface area contributed by atoms with E-state index in [4.69, 9.17) is 14.2 Å². The Labute approximate surface area is 84.7 Å². The molecule has 0 atom stereocenters. The maximum atomic E-state index is 9.84. The summed E-state index contributed by atoms with van der Waals surface area (Å²) in [5.41, 5.74) is 0. The van der Waals surface area contributed by atoms with Gasteiger partial charge in [-0.2, -0.15) is 0 Å².